The lowest BCUT2D eigenvalue weighted by atomic mass is 9.86. The Morgan fingerprint density at radius 1 is 1.07 bits per heavy atom. The zero-order valence-corrected chi connectivity index (χ0v) is 16.1. The topological polar surface area (TPSA) is 67.8 Å². The molecule has 1 aromatic carbocycles. The van der Waals surface area contributed by atoms with Crippen molar-refractivity contribution in [3.05, 3.63) is 41.3 Å². The van der Waals surface area contributed by atoms with Gasteiger partial charge in [0.25, 0.3) is 5.91 Å². The number of rotatable bonds is 4. The summed E-state index contributed by atoms with van der Waals surface area (Å²) in [6.45, 7) is 5.45. The highest BCUT2D eigenvalue weighted by atomic mass is 16.5. The van der Waals surface area contributed by atoms with E-state index in [0.29, 0.717) is 17.1 Å². The molecule has 7 heteroatoms. The number of methoxy groups -OCH3 is 2. The maximum Gasteiger partial charge on any atom is 0.258 e. The maximum atomic E-state index is 13.2. The second-order valence-corrected chi connectivity index (χ2v) is 7.14. The molecule has 0 spiro atoms. The molecule has 1 amide bonds. The lowest BCUT2D eigenvalue weighted by molar-refractivity contribution is 0.00548. The van der Waals surface area contributed by atoms with E-state index >= 15 is 0 Å². The van der Waals surface area contributed by atoms with Gasteiger partial charge in [0.1, 0.15) is 23.1 Å². The summed E-state index contributed by atoms with van der Waals surface area (Å²) >= 11 is 0. The Labute approximate surface area is 158 Å². The fourth-order valence-corrected chi connectivity index (χ4v) is 4.11. The number of fused-ring (bicyclic) bond motifs is 2. The third-order valence-electron chi connectivity index (χ3n) is 5.34. The monoisotopic (exact) mass is 368 g/mol. The Hall–Kier alpha value is -2.83. The first-order valence-corrected chi connectivity index (χ1v) is 9.12. The number of amides is 1. The Bertz CT molecular complexity index is 853. The molecule has 0 radical (unpaired) electrons. The van der Waals surface area contributed by atoms with Crippen molar-refractivity contribution in [3.8, 4) is 11.5 Å². The molecule has 0 saturated carbocycles. The van der Waals surface area contributed by atoms with Gasteiger partial charge in [-0.3, -0.25) is 4.79 Å². The fraction of sp³-hybridized carbons (Fsp3) is 0.450. The maximum absolute atomic E-state index is 13.2. The molecule has 3 aliphatic rings. The number of piperazine rings is 1. The summed E-state index contributed by atoms with van der Waals surface area (Å²) in [5.74, 6) is 2.95. The number of benzene rings is 1. The number of hydrogen-bond acceptors (Lipinski definition) is 6. The Balaban J connectivity index is 1.54. The summed E-state index contributed by atoms with van der Waals surface area (Å²) in [6.07, 6.45) is 1.03. The van der Waals surface area contributed by atoms with E-state index in [4.69, 9.17) is 9.47 Å². The van der Waals surface area contributed by atoms with E-state index in [9.17, 15) is 4.79 Å². The van der Waals surface area contributed by atoms with Crippen LogP contribution >= 0.6 is 0 Å². The third kappa shape index (κ3) is 3.07. The van der Waals surface area contributed by atoms with Crippen LogP contribution in [0.1, 0.15) is 28.3 Å². The van der Waals surface area contributed by atoms with Crippen LogP contribution in [0.2, 0.25) is 0 Å². The van der Waals surface area contributed by atoms with E-state index in [0.717, 1.165) is 36.8 Å². The lowest BCUT2D eigenvalue weighted by Gasteiger charge is -2.56. The molecule has 4 heterocycles. The van der Waals surface area contributed by atoms with E-state index in [1.807, 2.05) is 24.8 Å². The van der Waals surface area contributed by atoms with Gasteiger partial charge in [-0.1, -0.05) is 0 Å². The molecule has 5 rings (SSSR count). The van der Waals surface area contributed by atoms with Gasteiger partial charge in [0.2, 0.25) is 0 Å². The molecule has 0 N–H and O–H groups in total. The van der Waals surface area contributed by atoms with E-state index < -0.39 is 0 Å². The highest BCUT2D eigenvalue weighted by Gasteiger charge is 2.48. The normalized spacial score (nSPS) is 20.9. The van der Waals surface area contributed by atoms with Gasteiger partial charge in [0, 0.05) is 24.8 Å². The van der Waals surface area contributed by atoms with Gasteiger partial charge in [-0.25, -0.2) is 9.97 Å². The number of carbonyl (C=O) groups excluding carboxylic acids is 1. The minimum atomic E-state index is 0.00157. The van der Waals surface area contributed by atoms with E-state index in [1.54, 1.807) is 32.4 Å². The second-order valence-electron chi connectivity index (χ2n) is 7.14. The number of piperidine rings is 1. The van der Waals surface area contributed by atoms with Crippen LogP contribution in [0.3, 0.4) is 0 Å². The molecule has 3 saturated heterocycles. The molecule has 3 fully saturated rings. The van der Waals surface area contributed by atoms with Gasteiger partial charge in [0.15, 0.2) is 0 Å². The van der Waals surface area contributed by atoms with E-state index in [1.165, 1.54) is 0 Å². The lowest BCUT2D eigenvalue weighted by Crippen LogP contribution is -2.70. The number of anilines is 1. The summed E-state index contributed by atoms with van der Waals surface area (Å²) < 4.78 is 10.7. The highest BCUT2D eigenvalue weighted by Crippen LogP contribution is 2.37. The molecule has 27 heavy (non-hydrogen) atoms. The molecule has 3 aliphatic heterocycles. The summed E-state index contributed by atoms with van der Waals surface area (Å²) in [5.41, 5.74) is 1.51. The first-order chi connectivity index (χ1) is 13.0. The van der Waals surface area contributed by atoms with Crippen LogP contribution in [0.4, 0.5) is 5.82 Å². The standard InChI is InChI=1S/C20H24N4O3/c1-12-7-19(22-13(2)21-12)23-10-14-8-15(11-23)24(14)20(25)17-9-16(26-3)5-6-18(17)27-4/h5-7,9,14-15H,8,10-11H2,1-4H3. The van der Waals surface area contributed by atoms with Gasteiger partial charge in [-0.2, -0.15) is 0 Å². The van der Waals surface area contributed by atoms with Gasteiger partial charge >= 0.3 is 0 Å². The summed E-state index contributed by atoms with van der Waals surface area (Å²) in [6, 6.07) is 7.71. The second kappa shape index (κ2) is 6.72. The molecule has 0 aliphatic carbocycles. The number of ether oxygens (including phenoxy) is 2. The minimum Gasteiger partial charge on any atom is -0.497 e. The Morgan fingerprint density at radius 2 is 1.81 bits per heavy atom. The van der Waals surface area contributed by atoms with Crippen LogP contribution in [-0.2, 0) is 0 Å². The van der Waals surface area contributed by atoms with Crippen molar-refractivity contribution in [2.75, 3.05) is 32.2 Å². The van der Waals surface area contributed by atoms with Crippen LogP contribution < -0.4 is 14.4 Å². The van der Waals surface area contributed by atoms with Crippen LogP contribution in [0.15, 0.2) is 24.3 Å². The van der Waals surface area contributed by atoms with Crippen molar-refractivity contribution in [2.24, 2.45) is 0 Å². The molecule has 2 aromatic rings. The van der Waals surface area contributed by atoms with Crippen molar-refractivity contribution in [2.45, 2.75) is 32.4 Å². The number of aryl methyl sites for hydroxylation is 2. The van der Waals surface area contributed by atoms with Crippen molar-refractivity contribution >= 4 is 11.7 Å². The van der Waals surface area contributed by atoms with Gasteiger partial charge in [0.05, 0.1) is 31.9 Å². The average Bonchev–Trinajstić information content (AvgIpc) is 2.66. The van der Waals surface area contributed by atoms with Crippen molar-refractivity contribution < 1.29 is 14.3 Å². The largest absolute Gasteiger partial charge is 0.497 e. The molecule has 2 atom stereocenters. The zero-order valence-electron chi connectivity index (χ0n) is 16.1. The van der Waals surface area contributed by atoms with E-state index in [-0.39, 0.29) is 18.0 Å². The van der Waals surface area contributed by atoms with Gasteiger partial charge in [-0.15, -0.1) is 0 Å². The molecule has 1 aromatic heterocycles. The number of carbonyl (C=O) groups is 1. The number of aromatic nitrogens is 2. The first kappa shape index (κ1) is 17.6. The fourth-order valence-electron chi connectivity index (χ4n) is 4.11. The van der Waals surface area contributed by atoms with Crippen molar-refractivity contribution in [1.29, 1.82) is 0 Å². The molecule has 2 unspecified atom stereocenters. The summed E-state index contributed by atoms with van der Waals surface area (Å²) in [7, 11) is 3.18. The zero-order chi connectivity index (χ0) is 19.1. The smallest absolute Gasteiger partial charge is 0.258 e. The highest BCUT2D eigenvalue weighted by molar-refractivity contribution is 5.98. The Kier molecular flexibility index (Phi) is 4.37. The van der Waals surface area contributed by atoms with Crippen LogP contribution in [0, 0.1) is 13.8 Å². The van der Waals surface area contributed by atoms with Crippen LogP contribution in [0.25, 0.3) is 0 Å². The van der Waals surface area contributed by atoms with Crippen molar-refractivity contribution in [3.63, 3.8) is 0 Å². The van der Waals surface area contributed by atoms with Gasteiger partial charge < -0.3 is 19.3 Å². The number of hydrogen-bond donors (Lipinski definition) is 0. The predicted molar refractivity (Wildman–Crippen MR) is 102 cm³/mol. The SMILES string of the molecule is COc1ccc(OC)c(C(=O)N2C3CC2CN(c2cc(C)nc(C)n2)C3)c1. The molecular weight excluding hydrogens is 344 g/mol. The van der Waals surface area contributed by atoms with Gasteiger partial charge in [-0.05, 0) is 38.5 Å². The average molecular weight is 368 g/mol. The molecule has 142 valence electrons. The summed E-state index contributed by atoms with van der Waals surface area (Å²) in [4.78, 5) is 26.3. The summed E-state index contributed by atoms with van der Waals surface area (Å²) in [5, 5.41) is 0. The Morgan fingerprint density at radius 3 is 2.44 bits per heavy atom. The third-order valence-corrected chi connectivity index (χ3v) is 5.34. The van der Waals surface area contributed by atoms with Crippen molar-refractivity contribution in [1.82, 2.24) is 14.9 Å². The quantitative estimate of drug-likeness (QED) is 0.824. The first-order valence-electron chi connectivity index (χ1n) is 9.12. The number of nitrogens with zero attached hydrogens (tertiary/aromatic N) is 4. The predicted octanol–water partition coefficient (Wildman–Crippen LogP) is 2.21. The molecular formula is C20H24N4O3. The minimum absolute atomic E-state index is 0.00157. The molecule has 2 bridgehead atoms. The van der Waals surface area contributed by atoms with Crippen LogP contribution in [0.5, 0.6) is 11.5 Å². The molecule has 7 nitrogen and oxygen atoms in total. The van der Waals surface area contributed by atoms with E-state index in [2.05, 4.69) is 14.9 Å². The van der Waals surface area contributed by atoms with Crippen LogP contribution in [-0.4, -0.2) is 60.2 Å².